The van der Waals surface area contributed by atoms with Crippen molar-refractivity contribution in [2.45, 2.75) is 13.3 Å². The van der Waals surface area contributed by atoms with Crippen molar-refractivity contribution in [1.29, 1.82) is 0 Å². The molecule has 0 aliphatic rings. The first-order valence-electron chi connectivity index (χ1n) is 6.19. The molecule has 112 valence electrons. The Morgan fingerprint density at radius 3 is 2.33 bits per heavy atom. The summed E-state index contributed by atoms with van der Waals surface area (Å²) in [6.45, 7) is 2.52. The van der Waals surface area contributed by atoms with Crippen LogP contribution >= 0.6 is 0 Å². The highest BCUT2D eigenvalue weighted by atomic mass is 19.2. The Kier molecular flexibility index (Phi) is 4.56. The molecule has 0 spiro atoms. The fourth-order valence-corrected chi connectivity index (χ4v) is 1.54. The van der Waals surface area contributed by atoms with Crippen LogP contribution in [0.4, 0.5) is 35.0 Å². The molecular formula is C13H12F4N4. The molecule has 0 fully saturated rings. The molecule has 1 aromatic heterocycles. The minimum atomic E-state index is -1.59. The normalized spacial score (nSPS) is 10.5. The van der Waals surface area contributed by atoms with Gasteiger partial charge in [-0.1, -0.05) is 6.92 Å². The maximum atomic E-state index is 13.6. The second kappa shape index (κ2) is 6.38. The van der Waals surface area contributed by atoms with Gasteiger partial charge in [0.05, 0.1) is 6.20 Å². The molecule has 0 aliphatic carbocycles. The minimum Gasteiger partial charge on any atom is -0.354 e. The SMILES string of the molecule is CCCNc1ncc(F)c(Nc2cc(F)c(F)c(F)c2)n1. The number of aromatic nitrogens is 2. The van der Waals surface area contributed by atoms with Crippen LogP contribution in [0.3, 0.4) is 0 Å². The van der Waals surface area contributed by atoms with Gasteiger partial charge in [-0.25, -0.2) is 22.5 Å². The van der Waals surface area contributed by atoms with Gasteiger partial charge < -0.3 is 10.6 Å². The summed E-state index contributed by atoms with van der Waals surface area (Å²) in [5.41, 5.74) is -0.162. The van der Waals surface area contributed by atoms with Crippen LogP contribution < -0.4 is 10.6 Å². The van der Waals surface area contributed by atoms with E-state index < -0.39 is 23.3 Å². The zero-order chi connectivity index (χ0) is 15.4. The van der Waals surface area contributed by atoms with Crippen LogP contribution in [-0.4, -0.2) is 16.5 Å². The van der Waals surface area contributed by atoms with Gasteiger partial charge in [-0.15, -0.1) is 0 Å². The van der Waals surface area contributed by atoms with Crippen LogP contribution in [0.25, 0.3) is 0 Å². The van der Waals surface area contributed by atoms with Gasteiger partial charge in [-0.2, -0.15) is 4.98 Å². The summed E-state index contributed by atoms with van der Waals surface area (Å²) in [5.74, 6) is -5.25. The maximum absolute atomic E-state index is 13.6. The summed E-state index contributed by atoms with van der Waals surface area (Å²) in [6, 6.07) is 1.41. The van der Waals surface area contributed by atoms with E-state index in [-0.39, 0.29) is 17.5 Å². The van der Waals surface area contributed by atoms with Gasteiger partial charge in [0.1, 0.15) is 0 Å². The monoisotopic (exact) mass is 300 g/mol. The molecule has 2 aromatic rings. The minimum absolute atomic E-state index is 0.162. The first kappa shape index (κ1) is 15.0. The van der Waals surface area contributed by atoms with E-state index in [0.29, 0.717) is 18.7 Å². The fourth-order valence-electron chi connectivity index (χ4n) is 1.54. The van der Waals surface area contributed by atoms with Crippen molar-refractivity contribution in [3.05, 3.63) is 41.6 Å². The molecule has 1 aromatic carbocycles. The Labute approximate surface area is 118 Å². The highest BCUT2D eigenvalue weighted by Gasteiger charge is 2.13. The van der Waals surface area contributed by atoms with Gasteiger partial charge in [0.25, 0.3) is 0 Å². The molecular weight excluding hydrogens is 288 g/mol. The van der Waals surface area contributed by atoms with Gasteiger partial charge in [0.2, 0.25) is 5.95 Å². The molecule has 0 saturated heterocycles. The van der Waals surface area contributed by atoms with Crippen molar-refractivity contribution in [2.75, 3.05) is 17.2 Å². The van der Waals surface area contributed by atoms with E-state index in [1.807, 2.05) is 6.92 Å². The van der Waals surface area contributed by atoms with Gasteiger partial charge in [0.15, 0.2) is 29.1 Å². The quantitative estimate of drug-likeness (QED) is 0.654. The number of nitrogens with zero attached hydrogens (tertiary/aromatic N) is 2. The predicted molar refractivity (Wildman–Crippen MR) is 70.4 cm³/mol. The lowest BCUT2D eigenvalue weighted by Crippen LogP contribution is -2.07. The van der Waals surface area contributed by atoms with Gasteiger partial charge in [-0.05, 0) is 6.42 Å². The van der Waals surface area contributed by atoms with Crippen LogP contribution in [0.2, 0.25) is 0 Å². The lowest BCUT2D eigenvalue weighted by molar-refractivity contribution is 0.448. The van der Waals surface area contributed by atoms with Crippen LogP contribution in [0.5, 0.6) is 0 Å². The summed E-state index contributed by atoms with van der Waals surface area (Å²) in [5, 5.41) is 5.23. The number of rotatable bonds is 5. The molecule has 0 bridgehead atoms. The standard InChI is InChI=1S/C13H12F4N4/c1-2-3-18-13-19-6-10(16)12(21-13)20-7-4-8(14)11(17)9(15)5-7/h4-6H,2-3H2,1H3,(H2,18,19,20,21). The number of nitrogens with one attached hydrogen (secondary N) is 2. The van der Waals surface area contributed by atoms with Gasteiger partial charge in [-0.3, -0.25) is 0 Å². The molecule has 1 heterocycles. The van der Waals surface area contributed by atoms with Crippen molar-refractivity contribution < 1.29 is 17.6 Å². The molecule has 4 nitrogen and oxygen atoms in total. The van der Waals surface area contributed by atoms with E-state index in [9.17, 15) is 17.6 Å². The van der Waals surface area contributed by atoms with E-state index >= 15 is 0 Å². The summed E-state index contributed by atoms with van der Waals surface area (Å²) in [7, 11) is 0. The molecule has 0 aliphatic heterocycles. The van der Waals surface area contributed by atoms with Crippen LogP contribution in [0, 0.1) is 23.3 Å². The lowest BCUT2D eigenvalue weighted by Gasteiger charge is -2.09. The van der Waals surface area contributed by atoms with Crippen LogP contribution in [-0.2, 0) is 0 Å². The molecule has 0 amide bonds. The van der Waals surface area contributed by atoms with E-state index in [4.69, 9.17) is 0 Å². The van der Waals surface area contributed by atoms with Crippen molar-refractivity contribution in [2.24, 2.45) is 0 Å². The summed E-state index contributed by atoms with van der Waals surface area (Å²) in [6.07, 6.45) is 1.74. The molecule has 0 radical (unpaired) electrons. The summed E-state index contributed by atoms with van der Waals surface area (Å²) in [4.78, 5) is 7.56. The zero-order valence-corrected chi connectivity index (χ0v) is 11.1. The zero-order valence-electron chi connectivity index (χ0n) is 11.1. The molecule has 8 heteroatoms. The van der Waals surface area contributed by atoms with Crippen LogP contribution in [0.1, 0.15) is 13.3 Å². The third kappa shape index (κ3) is 3.59. The maximum Gasteiger partial charge on any atom is 0.224 e. The molecule has 2 N–H and O–H groups in total. The fraction of sp³-hybridized carbons (Fsp3) is 0.231. The Balaban J connectivity index is 2.26. The van der Waals surface area contributed by atoms with Crippen molar-refractivity contribution in [3.8, 4) is 0 Å². The first-order chi connectivity index (χ1) is 10.0. The van der Waals surface area contributed by atoms with Gasteiger partial charge in [0, 0.05) is 24.4 Å². The number of anilines is 3. The number of hydrogen-bond acceptors (Lipinski definition) is 4. The summed E-state index contributed by atoms with van der Waals surface area (Å²) >= 11 is 0. The third-order valence-electron chi connectivity index (χ3n) is 2.52. The van der Waals surface area contributed by atoms with E-state index in [0.717, 1.165) is 12.6 Å². The average molecular weight is 300 g/mol. The largest absolute Gasteiger partial charge is 0.354 e. The van der Waals surface area contributed by atoms with E-state index in [1.54, 1.807) is 0 Å². The molecule has 2 rings (SSSR count). The topological polar surface area (TPSA) is 49.8 Å². The molecule has 0 unspecified atom stereocenters. The average Bonchev–Trinajstić information content (AvgIpc) is 2.45. The second-order valence-corrected chi connectivity index (χ2v) is 4.20. The second-order valence-electron chi connectivity index (χ2n) is 4.20. The lowest BCUT2D eigenvalue weighted by atomic mass is 10.3. The van der Waals surface area contributed by atoms with Crippen molar-refractivity contribution in [3.63, 3.8) is 0 Å². The smallest absolute Gasteiger partial charge is 0.224 e. The number of benzene rings is 1. The van der Waals surface area contributed by atoms with Crippen molar-refractivity contribution in [1.82, 2.24) is 9.97 Å². The highest BCUT2D eigenvalue weighted by Crippen LogP contribution is 2.22. The first-order valence-corrected chi connectivity index (χ1v) is 6.19. The molecule has 0 atom stereocenters. The number of hydrogen-bond donors (Lipinski definition) is 2. The Hall–Kier alpha value is -2.38. The summed E-state index contributed by atoms with van der Waals surface area (Å²) < 4.78 is 52.6. The predicted octanol–water partition coefficient (Wildman–Crippen LogP) is 3.60. The highest BCUT2D eigenvalue weighted by molar-refractivity contribution is 5.57. The van der Waals surface area contributed by atoms with E-state index in [2.05, 4.69) is 20.6 Å². The Bertz CT molecular complexity index is 625. The Morgan fingerprint density at radius 1 is 1.05 bits per heavy atom. The van der Waals surface area contributed by atoms with Crippen molar-refractivity contribution >= 4 is 17.5 Å². The number of halogens is 4. The third-order valence-corrected chi connectivity index (χ3v) is 2.52. The van der Waals surface area contributed by atoms with Crippen LogP contribution in [0.15, 0.2) is 18.3 Å². The van der Waals surface area contributed by atoms with Gasteiger partial charge >= 0.3 is 0 Å². The Morgan fingerprint density at radius 2 is 1.71 bits per heavy atom. The molecule has 21 heavy (non-hydrogen) atoms. The molecule has 0 saturated carbocycles. The van der Waals surface area contributed by atoms with E-state index in [1.165, 1.54) is 0 Å².